The third-order valence-electron chi connectivity index (χ3n) is 3.71. The van der Waals surface area contributed by atoms with Gasteiger partial charge in [-0.3, -0.25) is 14.9 Å². The number of esters is 1. The second-order valence-corrected chi connectivity index (χ2v) is 7.26. The maximum absolute atomic E-state index is 12.1. The number of thioether (sulfide) groups is 1. The fourth-order valence-electron chi connectivity index (χ4n) is 2.45. The van der Waals surface area contributed by atoms with Crippen LogP contribution in [0.25, 0.3) is 10.8 Å². The van der Waals surface area contributed by atoms with Gasteiger partial charge in [-0.05, 0) is 31.4 Å². The second-order valence-electron chi connectivity index (χ2n) is 5.84. The largest absolute Gasteiger partial charge is 0.452 e. The van der Waals surface area contributed by atoms with E-state index in [2.05, 4.69) is 10.5 Å². The van der Waals surface area contributed by atoms with Crippen molar-refractivity contribution >= 4 is 51.9 Å². The average molecular weight is 405 g/mol. The molecule has 0 aliphatic carbocycles. The van der Waals surface area contributed by atoms with Crippen LogP contribution in [0.15, 0.2) is 51.9 Å². The molecular formula is C19H17ClN2O4S. The van der Waals surface area contributed by atoms with Crippen molar-refractivity contribution in [3.63, 3.8) is 0 Å². The summed E-state index contributed by atoms with van der Waals surface area (Å²) in [4.78, 5) is 25.0. The van der Waals surface area contributed by atoms with Crippen molar-refractivity contribution in [2.75, 3.05) is 11.1 Å². The van der Waals surface area contributed by atoms with Crippen molar-refractivity contribution in [2.24, 2.45) is 0 Å². The van der Waals surface area contributed by atoms with E-state index in [1.54, 1.807) is 13.0 Å². The lowest BCUT2D eigenvalue weighted by Gasteiger charge is -2.12. The highest BCUT2D eigenvalue weighted by Gasteiger charge is 2.19. The number of ether oxygens (including phenoxy) is 1. The Morgan fingerprint density at radius 1 is 1.30 bits per heavy atom. The molecule has 1 amide bonds. The predicted molar refractivity (Wildman–Crippen MR) is 105 cm³/mol. The summed E-state index contributed by atoms with van der Waals surface area (Å²) in [6.45, 7) is 3.23. The summed E-state index contributed by atoms with van der Waals surface area (Å²) in [5.74, 6) is -0.720. The van der Waals surface area contributed by atoms with E-state index in [0.717, 1.165) is 15.7 Å². The van der Waals surface area contributed by atoms with Gasteiger partial charge in [0, 0.05) is 21.4 Å². The summed E-state index contributed by atoms with van der Waals surface area (Å²) < 4.78 is 10.1. The normalized spacial score (nSPS) is 12.0. The molecule has 1 N–H and O–H groups in total. The topological polar surface area (TPSA) is 81.4 Å². The first kappa shape index (κ1) is 19.3. The number of nitrogens with one attached hydrogen (secondary N) is 1. The fraction of sp³-hybridized carbons (Fsp3) is 0.211. The number of halogens is 1. The zero-order valence-corrected chi connectivity index (χ0v) is 16.3. The zero-order chi connectivity index (χ0) is 19.4. The summed E-state index contributed by atoms with van der Waals surface area (Å²) in [6.07, 6.45) is -0.959. The van der Waals surface area contributed by atoms with Crippen LogP contribution in [0, 0.1) is 6.92 Å². The smallest absolute Gasteiger partial charge is 0.317 e. The number of anilines is 1. The van der Waals surface area contributed by atoms with Crippen LogP contribution in [0.5, 0.6) is 0 Å². The van der Waals surface area contributed by atoms with E-state index in [1.165, 1.54) is 18.7 Å². The Labute approximate surface area is 165 Å². The number of amides is 1. The van der Waals surface area contributed by atoms with Crippen LogP contribution in [-0.4, -0.2) is 28.9 Å². The summed E-state index contributed by atoms with van der Waals surface area (Å²) in [5, 5.41) is 8.69. The van der Waals surface area contributed by atoms with Gasteiger partial charge in [-0.25, -0.2) is 0 Å². The van der Waals surface area contributed by atoms with Gasteiger partial charge in [-0.1, -0.05) is 41.0 Å². The van der Waals surface area contributed by atoms with Gasteiger partial charge in [0.1, 0.15) is 0 Å². The number of benzene rings is 2. The SMILES string of the molecule is Cc1cc(NC(=O)C(C)OC(=O)CSc2cccc3cccc(Cl)c23)on1. The molecule has 3 rings (SSSR count). The molecule has 0 bridgehead atoms. The quantitative estimate of drug-likeness (QED) is 0.482. The molecule has 3 aromatic rings. The molecule has 0 saturated carbocycles. The van der Waals surface area contributed by atoms with Gasteiger partial charge in [-0.2, -0.15) is 0 Å². The van der Waals surface area contributed by atoms with Crippen LogP contribution < -0.4 is 5.32 Å². The number of hydrogen-bond acceptors (Lipinski definition) is 6. The molecule has 0 aliphatic rings. The van der Waals surface area contributed by atoms with Crippen molar-refractivity contribution in [3.05, 3.63) is 53.2 Å². The standard InChI is InChI=1S/C19H17ClN2O4S/c1-11-9-16(26-22-11)21-19(24)12(2)25-17(23)10-27-15-8-4-6-13-5-3-7-14(20)18(13)15/h3-9,12H,10H2,1-2H3,(H,21,24). The summed E-state index contributed by atoms with van der Waals surface area (Å²) >= 11 is 7.60. The molecule has 1 atom stereocenters. The van der Waals surface area contributed by atoms with Crippen molar-refractivity contribution in [1.82, 2.24) is 5.16 Å². The van der Waals surface area contributed by atoms with Gasteiger partial charge >= 0.3 is 5.97 Å². The molecular weight excluding hydrogens is 388 g/mol. The fourth-order valence-corrected chi connectivity index (χ4v) is 3.68. The van der Waals surface area contributed by atoms with Crippen LogP contribution in [0.2, 0.25) is 5.02 Å². The van der Waals surface area contributed by atoms with Crippen LogP contribution in [0.1, 0.15) is 12.6 Å². The van der Waals surface area contributed by atoms with Crippen LogP contribution in [-0.2, 0) is 14.3 Å². The molecule has 0 aliphatic heterocycles. The van der Waals surface area contributed by atoms with Gasteiger partial charge in [0.05, 0.1) is 11.4 Å². The summed E-state index contributed by atoms with van der Waals surface area (Å²) in [6, 6.07) is 13.0. The van der Waals surface area contributed by atoms with E-state index in [9.17, 15) is 9.59 Å². The van der Waals surface area contributed by atoms with E-state index in [0.29, 0.717) is 10.7 Å². The monoisotopic (exact) mass is 404 g/mol. The second kappa shape index (κ2) is 8.45. The van der Waals surface area contributed by atoms with Gasteiger partial charge in [0.25, 0.3) is 5.91 Å². The first-order valence-corrected chi connectivity index (χ1v) is 9.54. The van der Waals surface area contributed by atoms with Crippen LogP contribution in [0.4, 0.5) is 5.88 Å². The molecule has 1 heterocycles. The Hall–Kier alpha value is -2.51. The van der Waals surface area contributed by atoms with Gasteiger partial charge in [-0.15, -0.1) is 11.8 Å². The third kappa shape index (κ3) is 4.81. The Bertz CT molecular complexity index is 984. The lowest BCUT2D eigenvalue weighted by atomic mass is 10.1. The maximum Gasteiger partial charge on any atom is 0.317 e. The molecule has 2 aromatic carbocycles. The van der Waals surface area contributed by atoms with E-state index in [1.807, 2.05) is 36.4 Å². The minimum atomic E-state index is -0.959. The molecule has 0 fully saturated rings. The minimum absolute atomic E-state index is 0.0589. The Balaban J connectivity index is 1.57. The Morgan fingerprint density at radius 2 is 2.04 bits per heavy atom. The summed E-state index contributed by atoms with van der Waals surface area (Å²) in [7, 11) is 0. The van der Waals surface area contributed by atoms with Gasteiger partial charge in [0.15, 0.2) is 6.10 Å². The lowest BCUT2D eigenvalue weighted by molar-refractivity contribution is -0.150. The summed E-state index contributed by atoms with van der Waals surface area (Å²) in [5.41, 5.74) is 0.639. The van der Waals surface area contributed by atoms with E-state index in [4.69, 9.17) is 20.9 Å². The number of hydrogen-bond donors (Lipinski definition) is 1. The maximum atomic E-state index is 12.1. The zero-order valence-electron chi connectivity index (χ0n) is 14.7. The minimum Gasteiger partial charge on any atom is -0.452 e. The van der Waals surface area contributed by atoms with E-state index in [-0.39, 0.29) is 11.6 Å². The highest BCUT2D eigenvalue weighted by Crippen LogP contribution is 2.33. The number of aromatic nitrogens is 1. The number of aryl methyl sites for hydroxylation is 1. The molecule has 0 spiro atoms. The molecule has 140 valence electrons. The Kier molecular flexibility index (Phi) is 6.03. The third-order valence-corrected chi connectivity index (χ3v) is 5.06. The highest BCUT2D eigenvalue weighted by atomic mass is 35.5. The number of carbonyl (C=O) groups excluding carboxylic acids is 2. The first-order chi connectivity index (χ1) is 12.9. The molecule has 6 nitrogen and oxygen atoms in total. The van der Waals surface area contributed by atoms with Crippen molar-refractivity contribution < 1.29 is 18.8 Å². The Morgan fingerprint density at radius 3 is 2.74 bits per heavy atom. The number of carbonyl (C=O) groups is 2. The van der Waals surface area contributed by atoms with Crippen LogP contribution >= 0.6 is 23.4 Å². The van der Waals surface area contributed by atoms with Crippen LogP contribution in [0.3, 0.4) is 0 Å². The molecule has 1 aromatic heterocycles. The number of fused-ring (bicyclic) bond motifs is 1. The van der Waals surface area contributed by atoms with Crippen molar-refractivity contribution in [1.29, 1.82) is 0 Å². The molecule has 8 heteroatoms. The van der Waals surface area contributed by atoms with Gasteiger partial charge in [0.2, 0.25) is 5.88 Å². The van der Waals surface area contributed by atoms with Crippen molar-refractivity contribution in [3.8, 4) is 0 Å². The number of nitrogens with zero attached hydrogens (tertiary/aromatic N) is 1. The highest BCUT2D eigenvalue weighted by molar-refractivity contribution is 8.00. The number of rotatable bonds is 6. The molecule has 0 radical (unpaired) electrons. The van der Waals surface area contributed by atoms with E-state index >= 15 is 0 Å². The van der Waals surface area contributed by atoms with E-state index < -0.39 is 18.0 Å². The molecule has 27 heavy (non-hydrogen) atoms. The first-order valence-electron chi connectivity index (χ1n) is 8.18. The van der Waals surface area contributed by atoms with Crippen molar-refractivity contribution in [2.45, 2.75) is 24.8 Å². The average Bonchev–Trinajstić information content (AvgIpc) is 3.04. The molecule has 0 saturated heterocycles. The van der Waals surface area contributed by atoms with Gasteiger partial charge < -0.3 is 9.26 Å². The lowest BCUT2D eigenvalue weighted by Crippen LogP contribution is -2.30. The molecule has 1 unspecified atom stereocenters. The predicted octanol–water partition coefficient (Wildman–Crippen LogP) is 4.45.